The van der Waals surface area contributed by atoms with Gasteiger partial charge in [-0.25, -0.2) is 0 Å². The molecule has 0 aliphatic carbocycles. The SMILES string of the molecule is CCOc1cccc(CNc2cncc(C)c2)c1O. The van der Waals surface area contributed by atoms with Crippen LogP contribution in [0.4, 0.5) is 5.69 Å². The molecule has 100 valence electrons. The Morgan fingerprint density at radius 1 is 1.32 bits per heavy atom. The highest BCUT2D eigenvalue weighted by Crippen LogP contribution is 2.30. The second kappa shape index (κ2) is 6.09. The molecule has 0 saturated carbocycles. The molecule has 0 spiro atoms. The third-order valence-electron chi connectivity index (χ3n) is 2.74. The number of aryl methyl sites for hydroxylation is 1. The highest BCUT2D eigenvalue weighted by molar-refractivity contribution is 5.49. The van der Waals surface area contributed by atoms with Gasteiger partial charge in [0.05, 0.1) is 12.3 Å². The number of pyridine rings is 1. The lowest BCUT2D eigenvalue weighted by Gasteiger charge is -2.11. The monoisotopic (exact) mass is 258 g/mol. The fourth-order valence-electron chi connectivity index (χ4n) is 1.83. The number of nitrogens with one attached hydrogen (secondary N) is 1. The summed E-state index contributed by atoms with van der Waals surface area (Å²) in [5, 5.41) is 13.3. The first-order chi connectivity index (χ1) is 9.20. The number of nitrogens with zero attached hydrogens (tertiary/aromatic N) is 1. The second-order valence-electron chi connectivity index (χ2n) is 4.30. The topological polar surface area (TPSA) is 54.4 Å². The lowest BCUT2D eigenvalue weighted by atomic mass is 10.2. The van der Waals surface area contributed by atoms with E-state index in [1.165, 1.54) is 0 Å². The van der Waals surface area contributed by atoms with Crippen LogP contribution in [0.3, 0.4) is 0 Å². The summed E-state index contributed by atoms with van der Waals surface area (Å²) in [5.74, 6) is 0.710. The molecule has 0 fully saturated rings. The van der Waals surface area contributed by atoms with Crippen molar-refractivity contribution in [3.8, 4) is 11.5 Å². The number of phenols is 1. The summed E-state index contributed by atoms with van der Waals surface area (Å²) < 4.78 is 5.36. The van der Waals surface area contributed by atoms with Gasteiger partial charge in [-0.15, -0.1) is 0 Å². The van der Waals surface area contributed by atoms with Crippen molar-refractivity contribution in [2.24, 2.45) is 0 Å². The number of anilines is 1. The minimum Gasteiger partial charge on any atom is -0.504 e. The quantitative estimate of drug-likeness (QED) is 0.865. The molecule has 0 aliphatic rings. The van der Waals surface area contributed by atoms with Crippen LogP contribution in [0.25, 0.3) is 0 Å². The summed E-state index contributed by atoms with van der Waals surface area (Å²) >= 11 is 0. The van der Waals surface area contributed by atoms with E-state index in [9.17, 15) is 5.11 Å². The van der Waals surface area contributed by atoms with E-state index in [1.54, 1.807) is 18.5 Å². The maximum Gasteiger partial charge on any atom is 0.162 e. The first-order valence-corrected chi connectivity index (χ1v) is 6.30. The zero-order valence-electron chi connectivity index (χ0n) is 11.2. The molecule has 0 radical (unpaired) electrons. The van der Waals surface area contributed by atoms with Crippen LogP contribution in [0.2, 0.25) is 0 Å². The molecule has 0 unspecified atom stereocenters. The van der Waals surface area contributed by atoms with Gasteiger partial charge in [0, 0.05) is 24.5 Å². The molecule has 0 bridgehead atoms. The molecule has 0 saturated heterocycles. The Labute approximate surface area is 113 Å². The Balaban J connectivity index is 2.09. The molecular formula is C15H18N2O2. The van der Waals surface area contributed by atoms with Gasteiger partial charge in [-0.1, -0.05) is 12.1 Å². The summed E-state index contributed by atoms with van der Waals surface area (Å²) in [6.45, 7) is 4.94. The van der Waals surface area contributed by atoms with E-state index in [4.69, 9.17) is 4.74 Å². The average molecular weight is 258 g/mol. The third-order valence-corrected chi connectivity index (χ3v) is 2.74. The normalized spacial score (nSPS) is 10.2. The van der Waals surface area contributed by atoms with Crippen molar-refractivity contribution in [2.75, 3.05) is 11.9 Å². The largest absolute Gasteiger partial charge is 0.504 e. The van der Waals surface area contributed by atoms with Gasteiger partial charge in [-0.05, 0) is 31.5 Å². The number of aromatic hydroxyl groups is 1. The van der Waals surface area contributed by atoms with Gasteiger partial charge in [0.25, 0.3) is 0 Å². The maximum absolute atomic E-state index is 10.1. The second-order valence-corrected chi connectivity index (χ2v) is 4.30. The van der Waals surface area contributed by atoms with Gasteiger partial charge >= 0.3 is 0 Å². The van der Waals surface area contributed by atoms with Gasteiger partial charge in [-0.3, -0.25) is 4.98 Å². The first-order valence-electron chi connectivity index (χ1n) is 6.30. The molecule has 2 rings (SSSR count). The predicted octanol–water partition coefficient (Wildman–Crippen LogP) is 3.11. The molecule has 0 atom stereocenters. The Morgan fingerprint density at radius 2 is 2.16 bits per heavy atom. The number of aromatic nitrogens is 1. The maximum atomic E-state index is 10.1. The third kappa shape index (κ3) is 3.37. The van der Waals surface area contributed by atoms with Crippen molar-refractivity contribution >= 4 is 5.69 Å². The van der Waals surface area contributed by atoms with Crippen molar-refractivity contribution in [1.82, 2.24) is 4.98 Å². The van der Waals surface area contributed by atoms with Crippen LogP contribution in [-0.4, -0.2) is 16.7 Å². The highest BCUT2D eigenvalue weighted by atomic mass is 16.5. The molecule has 19 heavy (non-hydrogen) atoms. The summed E-state index contributed by atoms with van der Waals surface area (Å²) in [7, 11) is 0. The van der Waals surface area contributed by atoms with E-state index in [-0.39, 0.29) is 5.75 Å². The fourth-order valence-corrected chi connectivity index (χ4v) is 1.83. The number of hydrogen-bond acceptors (Lipinski definition) is 4. The van der Waals surface area contributed by atoms with Crippen molar-refractivity contribution < 1.29 is 9.84 Å². The smallest absolute Gasteiger partial charge is 0.162 e. The van der Waals surface area contributed by atoms with Crippen LogP contribution in [0.1, 0.15) is 18.1 Å². The van der Waals surface area contributed by atoms with E-state index in [2.05, 4.69) is 10.3 Å². The van der Waals surface area contributed by atoms with E-state index >= 15 is 0 Å². The van der Waals surface area contributed by atoms with Crippen molar-refractivity contribution in [1.29, 1.82) is 0 Å². The molecule has 0 amide bonds. The van der Waals surface area contributed by atoms with Gasteiger partial charge in [0.2, 0.25) is 0 Å². The lowest BCUT2D eigenvalue weighted by molar-refractivity contribution is 0.317. The van der Waals surface area contributed by atoms with Crippen molar-refractivity contribution in [2.45, 2.75) is 20.4 Å². The Kier molecular flexibility index (Phi) is 4.23. The van der Waals surface area contributed by atoms with Crippen molar-refractivity contribution in [3.63, 3.8) is 0 Å². The summed E-state index contributed by atoms with van der Waals surface area (Å²) in [5.41, 5.74) is 2.82. The molecule has 4 heteroatoms. The molecule has 0 aliphatic heterocycles. The minimum atomic E-state index is 0.192. The molecule has 4 nitrogen and oxygen atoms in total. The van der Waals surface area contributed by atoms with E-state index in [0.29, 0.717) is 18.9 Å². The van der Waals surface area contributed by atoms with Crippen LogP contribution in [-0.2, 0) is 6.54 Å². The predicted molar refractivity (Wildman–Crippen MR) is 75.6 cm³/mol. The molecule has 1 heterocycles. The molecule has 1 aromatic carbocycles. The zero-order valence-corrected chi connectivity index (χ0v) is 11.2. The molecule has 2 N–H and O–H groups in total. The summed E-state index contributed by atoms with van der Waals surface area (Å²) in [4.78, 5) is 4.12. The van der Waals surface area contributed by atoms with Crippen LogP contribution < -0.4 is 10.1 Å². The van der Waals surface area contributed by atoms with Crippen molar-refractivity contribution in [3.05, 3.63) is 47.8 Å². The number of ether oxygens (including phenoxy) is 1. The lowest BCUT2D eigenvalue weighted by Crippen LogP contribution is -2.01. The van der Waals surface area contributed by atoms with Gasteiger partial charge < -0.3 is 15.2 Å². The van der Waals surface area contributed by atoms with E-state index in [1.807, 2.05) is 32.0 Å². The van der Waals surface area contributed by atoms with Crippen LogP contribution in [0.15, 0.2) is 36.7 Å². The first kappa shape index (κ1) is 13.2. The molecular weight excluding hydrogens is 240 g/mol. The van der Waals surface area contributed by atoms with Gasteiger partial charge in [-0.2, -0.15) is 0 Å². The van der Waals surface area contributed by atoms with Gasteiger partial charge in [0.15, 0.2) is 11.5 Å². The average Bonchev–Trinajstić information content (AvgIpc) is 2.40. The highest BCUT2D eigenvalue weighted by Gasteiger charge is 2.07. The van der Waals surface area contributed by atoms with E-state index in [0.717, 1.165) is 16.8 Å². The van der Waals surface area contributed by atoms with Crippen LogP contribution >= 0.6 is 0 Å². The summed E-state index contributed by atoms with van der Waals surface area (Å²) in [6, 6.07) is 7.51. The number of hydrogen-bond donors (Lipinski definition) is 2. The van der Waals surface area contributed by atoms with Gasteiger partial charge in [0.1, 0.15) is 0 Å². The number of phenolic OH excluding ortho intramolecular Hbond substituents is 1. The fraction of sp³-hybridized carbons (Fsp3) is 0.267. The van der Waals surface area contributed by atoms with E-state index < -0.39 is 0 Å². The Morgan fingerprint density at radius 3 is 2.89 bits per heavy atom. The van der Waals surface area contributed by atoms with Crippen LogP contribution in [0, 0.1) is 6.92 Å². The minimum absolute atomic E-state index is 0.192. The van der Waals surface area contributed by atoms with Crippen LogP contribution in [0.5, 0.6) is 11.5 Å². The molecule has 1 aromatic heterocycles. The summed E-state index contributed by atoms with van der Waals surface area (Å²) in [6.07, 6.45) is 3.56. The Bertz CT molecular complexity index is 556. The molecule has 2 aromatic rings. The number of para-hydroxylation sites is 1. The standard InChI is InChI=1S/C15H18N2O2/c1-3-19-14-6-4-5-12(15(14)18)9-17-13-7-11(2)8-16-10-13/h4-8,10,17-18H,3,9H2,1-2H3. The zero-order chi connectivity index (χ0) is 13.7. The Hall–Kier alpha value is -2.23. The number of benzene rings is 1. The number of rotatable bonds is 5.